The Bertz CT molecular complexity index is 500. The minimum absolute atomic E-state index is 0.534. The second-order valence-corrected chi connectivity index (χ2v) is 7.10. The van der Waals surface area contributed by atoms with Crippen LogP contribution in [-0.4, -0.2) is 6.54 Å². The fraction of sp³-hybridized carbons (Fsp3) is 0.474. The lowest BCUT2D eigenvalue weighted by Gasteiger charge is -2.31. The Labute approximate surface area is 132 Å². The summed E-state index contributed by atoms with van der Waals surface area (Å²) in [5, 5.41) is 6.02. The quantitative estimate of drug-likeness (QED) is 0.773. The van der Waals surface area contributed by atoms with Gasteiger partial charge in [-0.05, 0) is 42.2 Å². The zero-order valence-corrected chi connectivity index (χ0v) is 13.4. The fourth-order valence-electron chi connectivity index (χ4n) is 3.49. The van der Waals surface area contributed by atoms with Crippen LogP contribution in [0.3, 0.4) is 0 Å². The molecule has 1 aromatic carbocycles. The number of nitrogens with one attached hydrogen (secondary N) is 1. The molecule has 0 saturated heterocycles. The van der Waals surface area contributed by atoms with Gasteiger partial charge in [0, 0.05) is 17.5 Å². The lowest BCUT2D eigenvalue weighted by molar-refractivity contribution is 0.272. The van der Waals surface area contributed by atoms with E-state index in [1.807, 2.05) is 11.3 Å². The highest BCUT2D eigenvalue weighted by Gasteiger charge is 2.24. The first kappa shape index (κ1) is 14.8. The molecular weight excluding hydrogens is 274 g/mol. The first-order chi connectivity index (χ1) is 10.4. The standard InChI is InChI=1S/C19H25NS/c1-3-8-16(9-4-1)19(17-10-5-2-6-11-17)20-14-13-18-12-7-15-21-18/h1,3-4,7-9,12,15,17,19-20H,2,5-6,10-11,13-14H2. The Morgan fingerprint density at radius 2 is 1.81 bits per heavy atom. The van der Waals surface area contributed by atoms with Crippen molar-refractivity contribution in [2.75, 3.05) is 6.54 Å². The summed E-state index contributed by atoms with van der Waals surface area (Å²) in [6.45, 7) is 1.08. The van der Waals surface area contributed by atoms with Crippen LogP contribution in [0.15, 0.2) is 47.8 Å². The van der Waals surface area contributed by atoms with Crippen molar-refractivity contribution in [3.63, 3.8) is 0 Å². The molecule has 1 aliphatic carbocycles. The minimum Gasteiger partial charge on any atom is -0.309 e. The zero-order chi connectivity index (χ0) is 14.3. The van der Waals surface area contributed by atoms with Crippen LogP contribution >= 0.6 is 11.3 Å². The average molecular weight is 299 g/mol. The smallest absolute Gasteiger partial charge is 0.0348 e. The number of hydrogen-bond acceptors (Lipinski definition) is 2. The molecule has 2 heteroatoms. The van der Waals surface area contributed by atoms with E-state index in [-0.39, 0.29) is 0 Å². The molecule has 0 aliphatic heterocycles. The van der Waals surface area contributed by atoms with Crippen LogP contribution < -0.4 is 5.32 Å². The highest BCUT2D eigenvalue weighted by molar-refractivity contribution is 7.09. The molecule has 1 unspecified atom stereocenters. The Balaban J connectivity index is 1.63. The largest absolute Gasteiger partial charge is 0.309 e. The molecule has 1 N–H and O–H groups in total. The van der Waals surface area contributed by atoms with Gasteiger partial charge in [-0.25, -0.2) is 0 Å². The fourth-order valence-corrected chi connectivity index (χ4v) is 4.20. The zero-order valence-electron chi connectivity index (χ0n) is 12.6. The first-order valence-electron chi connectivity index (χ1n) is 8.24. The summed E-state index contributed by atoms with van der Waals surface area (Å²) in [6.07, 6.45) is 8.14. The van der Waals surface area contributed by atoms with Gasteiger partial charge >= 0.3 is 0 Å². The predicted molar refractivity (Wildman–Crippen MR) is 91.8 cm³/mol. The Kier molecular flexibility index (Phi) is 5.47. The van der Waals surface area contributed by atoms with E-state index in [1.165, 1.54) is 42.5 Å². The van der Waals surface area contributed by atoms with Gasteiger partial charge in [-0.3, -0.25) is 0 Å². The van der Waals surface area contributed by atoms with Crippen LogP contribution in [0, 0.1) is 5.92 Å². The molecule has 1 aliphatic rings. The maximum Gasteiger partial charge on any atom is 0.0348 e. The molecule has 0 spiro atoms. The summed E-state index contributed by atoms with van der Waals surface area (Å²) >= 11 is 1.87. The van der Waals surface area contributed by atoms with Gasteiger partial charge in [-0.15, -0.1) is 11.3 Å². The van der Waals surface area contributed by atoms with Gasteiger partial charge in [0.15, 0.2) is 0 Å². The number of thiophene rings is 1. The predicted octanol–water partition coefficient (Wildman–Crippen LogP) is 5.20. The molecule has 2 aromatic rings. The molecule has 1 aromatic heterocycles. The Morgan fingerprint density at radius 1 is 1.00 bits per heavy atom. The van der Waals surface area contributed by atoms with Gasteiger partial charge in [0.1, 0.15) is 0 Å². The summed E-state index contributed by atoms with van der Waals surface area (Å²) < 4.78 is 0. The second-order valence-electron chi connectivity index (χ2n) is 6.07. The summed E-state index contributed by atoms with van der Waals surface area (Å²) in [7, 11) is 0. The van der Waals surface area contributed by atoms with Gasteiger partial charge in [0.2, 0.25) is 0 Å². The van der Waals surface area contributed by atoms with Crippen molar-refractivity contribution >= 4 is 11.3 Å². The Hall–Kier alpha value is -1.12. The molecule has 1 atom stereocenters. The van der Waals surface area contributed by atoms with Crippen molar-refractivity contribution in [2.45, 2.75) is 44.6 Å². The van der Waals surface area contributed by atoms with E-state index in [0.29, 0.717) is 6.04 Å². The first-order valence-corrected chi connectivity index (χ1v) is 9.12. The highest BCUT2D eigenvalue weighted by atomic mass is 32.1. The van der Waals surface area contributed by atoms with E-state index < -0.39 is 0 Å². The van der Waals surface area contributed by atoms with E-state index in [1.54, 1.807) is 0 Å². The van der Waals surface area contributed by atoms with E-state index in [4.69, 9.17) is 0 Å². The van der Waals surface area contributed by atoms with Gasteiger partial charge in [-0.1, -0.05) is 55.7 Å². The van der Waals surface area contributed by atoms with Crippen LogP contribution in [0.1, 0.15) is 48.6 Å². The van der Waals surface area contributed by atoms with Gasteiger partial charge in [0.25, 0.3) is 0 Å². The molecule has 0 radical (unpaired) electrons. The molecule has 0 bridgehead atoms. The van der Waals surface area contributed by atoms with Gasteiger partial charge in [-0.2, -0.15) is 0 Å². The molecule has 1 saturated carbocycles. The van der Waals surface area contributed by atoms with Crippen LogP contribution in [-0.2, 0) is 6.42 Å². The molecule has 1 heterocycles. The molecule has 112 valence electrons. The van der Waals surface area contributed by atoms with E-state index in [2.05, 4.69) is 53.2 Å². The molecule has 3 rings (SSSR count). The van der Waals surface area contributed by atoms with E-state index >= 15 is 0 Å². The molecule has 21 heavy (non-hydrogen) atoms. The molecule has 1 fully saturated rings. The van der Waals surface area contributed by atoms with Crippen LogP contribution in [0.2, 0.25) is 0 Å². The van der Waals surface area contributed by atoms with Crippen molar-refractivity contribution in [1.29, 1.82) is 0 Å². The molecular formula is C19H25NS. The van der Waals surface area contributed by atoms with Crippen molar-refractivity contribution in [1.82, 2.24) is 5.32 Å². The van der Waals surface area contributed by atoms with Crippen molar-refractivity contribution < 1.29 is 0 Å². The third-order valence-corrected chi connectivity index (χ3v) is 5.53. The van der Waals surface area contributed by atoms with Crippen molar-refractivity contribution in [3.8, 4) is 0 Å². The van der Waals surface area contributed by atoms with E-state index in [9.17, 15) is 0 Å². The lowest BCUT2D eigenvalue weighted by atomic mass is 9.81. The monoisotopic (exact) mass is 299 g/mol. The minimum atomic E-state index is 0.534. The van der Waals surface area contributed by atoms with Gasteiger partial charge in [0.05, 0.1) is 0 Å². The van der Waals surface area contributed by atoms with E-state index in [0.717, 1.165) is 18.9 Å². The highest BCUT2D eigenvalue weighted by Crippen LogP contribution is 2.34. The third-order valence-electron chi connectivity index (χ3n) is 4.60. The maximum atomic E-state index is 3.85. The molecule has 0 amide bonds. The summed E-state index contributed by atoms with van der Waals surface area (Å²) in [4.78, 5) is 1.48. The second kappa shape index (κ2) is 7.77. The number of rotatable bonds is 6. The molecule has 1 nitrogen and oxygen atoms in total. The van der Waals surface area contributed by atoms with Crippen molar-refractivity contribution in [2.24, 2.45) is 5.92 Å². The summed E-state index contributed by atoms with van der Waals surface area (Å²) in [6, 6.07) is 16.0. The van der Waals surface area contributed by atoms with Gasteiger partial charge < -0.3 is 5.32 Å². The Morgan fingerprint density at radius 3 is 2.52 bits per heavy atom. The van der Waals surface area contributed by atoms with Crippen LogP contribution in [0.5, 0.6) is 0 Å². The summed E-state index contributed by atoms with van der Waals surface area (Å²) in [5.41, 5.74) is 1.47. The normalized spacial score (nSPS) is 17.7. The summed E-state index contributed by atoms with van der Waals surface area (Å²) in [5.74, 6) is 0.810. The third kappa shape index (κ3) is 4.18. The average Bonchev–Trinajstić information content (AvgIpc) is 3.07. The van der Waals surface area contributed by atoms with Crippen molar-refractivity contribution in [3.05, 3.63) is 58.3 Å². The lowest BCUT2D eigenvalue weighted by Crippen LogP contribution is -2.31. The number of benzene rings is 1. The van der Waals surface area contributed by atoms with Crippen LogP contribution in [0.25, 0.3) is 0 Å². The van der Waals surface area contributed by atoms with Crippen LogP contribution in [0.4, 0.5) is 0 Å². The maximum absolute atomic E-state index is 3.85. The number of hydrogen-bond donors (Lipinski definition) is 1. The topological polar surface area (TPSA) is 12.0 Å². The SMILES string of the molecule is c1ccc(C(NCCc2cccs2)C2CCCCC2)cc1.